The van der Waals surface area contributed by atoms with E-state index in [1.807, 2.05) is 54.6 Å². The highest BCUT2D eigenvalue weighted by Crippen LogP contribution is 2.34. The number of esters is 1. The molecule has 1 aromatic heterocycles. The molecule has 0 N–H and O–H groups in total. The first-order valence-corrected chi connectivity index (χ1v) is 11.0. The van der Waals surface area contributed by atoms with Gasteiger partial charge in [0, 0.05) is 27.6 Å². The molecule has 0 bridgehead atoms. The van der Waals surface area contributed by atoms with Gasteiger partial charge in [-0.3, -0.25) is 4.79 Å². The standard InChI is InChI=1S/C23H25ClN2O2S.ClH/c1-3-26(4-2)14-15-28-21(27)16-20-22(17-10-12-19(24)13-11-17)25-23(29-20)18-8-6-5-7-9-18;/h5-13H,3-4,14-16H2,1-2H3;1H. The molecule has 3 aromatic rings. The van der Waals surface area contributed by atoms with Crippen molar-refractivity contribution in [3.63, 3.8) is 0 Å². The number of likely N-dealkylation sites (N-methyl/N-ethyl adjacent to an activating group) is 1. The number of rotatable bonds is 9. The van der Waals surface area contributed by atoms with Gasteiger partial charge in [-0.1, -0.05) is 67.9 Å². The van der Waals surface area contributed by atoms with Gasteiger partial charge in [-0.2, -0.15) is 0 Å². The third-order valence-electron chi connectivity index (χ3n) is 4.71. The number of nitrogens with zero attached hydrogens (tertiary/aromatic N) is 2. The van der Waals surface area contributed by atoms with Crippen molar-refractivity contribution >= 4 is 41.3 Å². The molecule has 0 atom stereocenters. The fourth-order valence-electron chi connectivity index (χ4n) is 3.02. The molecule has 0 amide bonds. The third-order valence-corrected chi connectivity index (χ3v) is 6.06. The minimum atomic E-state index is -0.226. The molecule has 7 heteroatoms. The van der Waals surface area contributed by atoms with E-state index < -0.39 is 0 Å². The predicted molar refractivity (Wildman–Crippen MR) is 128 cm³/mol. The van der Waals surface area contributed by atoms with Crippen LogP contribution in [0.4, 0.5) is 0 Å². The lowest BCUT2D eigenvalue weighted by Gasteiger charge is -2.17. The van der Waals surface area contributed by atoms with Gasteiger partial charge < -0.3 is 9.64 Å². The number of ether oxygens (including phenoxy) is 1. The Morgan fingerprint density at radius 2 is 1.70 bits per heavy atom. The molecule has 0 saturated carbocycles. The van der Waals surface area contributed by atoms with Crippen LogP contribution in [0.2, 0.25) is 5.02 Å². The first kappa shape index (κ1) is 24.4. The Morgan fingerprint density at radius 3 is 2.33 bits per heavy atom. The van der Waals surface area contributed by atoms with Crippen molar-refractivity contribution in [1.29, 1.82) is 0 Å². The molecule has 0 spiro atoms. The molecule has 0 aliphatic heterocycles. The molecule has 160 valence electrons. The molecule has 2 aromatic carbocycles. The summed E-state index contributed by atoms with van der Waals surface area (Å²) in [4.78, 5) is 20.4. The van der Waals surface area contributed by atoms with Gasteiger partial charge >= 0.3 is 5.97 Å². The van der Waals surface area contributed by atoms with E-state index in [1.54, 1.807) is 0 Å². The van der Waals surface area contributed by atoms with Gasteiger partial charge in [0.1, 0.15) is 11.6 Å². The maximum atomic E-state index is 12.5. The first-order chi connectivity index (χ1) is 14.1. The molecular weight excluding hydrogens is 439 g/mol. The van der Waals surface area contributed by atoms with E-state index in [2.05, 4.69) is 18.7 Å². The molecule has 0 radical (unpaired) electrons. The van der Waals surface area contributed by atoms with Crippen LogP contribution in [0.1, 0.15) is 18.7 Å². The number of carbonyl (C=O) groups is 1. The van der Waals surface area contributed by atoms with E-state index in [-0.39, 0.29) is 24.8 Å². The molecule has 0 fully saturated rings. The highest BCUT2D eigenvalue weighted by Gasteiger charge is 2.18. The highest BCUT2D eigenvalue weighted by molar-refractivity contribution is 7.15. The summed E-state index contributed by atoms with van der Waals surface area (Å²) in [5, 5.41) is 1.56. The minimum absolute atomic E-state index is 0. The van der Waals surface area contributed by atoms with E-state index in [0.29, 0.717) is 11.6 Å². The van der Waals surface area contributed by atoms with Gasteiger partial charge in [0.2, 0.25) is 0 Å². The summed E-state index contributed by atoms with van der Waals surface area (Å²) >= 11 is 7.57. The Kier molecular flexibility index (Phi) is 9.79. The van der Waals surface area contributed by atoms with Crippen LogP contribution in [-0.4, -0.2) is 42.1 Å². The molecule has 0 aliphatic rings. The zero-order valence-electron chi connectivity index (χ0n) is 17.1. The zero-order chi connectivity index (χ0) is 20.6. The first-order valence-electron chi connectivity index (χ1n) is 9.79. The maximum Gasteiger partial charge on any atom is 0.311 e. The van der Waals surface area contributed by atoms with Crippen molar-refractivity contribution in [2.45, 2.75) is 20.3 Å². The Balaban J connectivity index is 0.00000320. The molecule has 1 heterocycles. The monoisotopic (exact) mass is 464 g/mol. The summed E-state index contributed by atoms with van der Waals surface area (Å²) in [6.45, 7) is 7.26. The second kappa shape index (κ2) is 12.1. The highest BCUT2D eigenvalue weighted by atomic mass is 35.5. The van der Waals surface area contributed by atoms with Gasteiger partial charge in [0.25, 0.3) is 0 Å². The Labute approximate surface area is 193 Å². The number of carbonyl (C=O) groups excluding carboxylic acids is 1. The van der Waals surface area contributed by atoms with Crippen molar-refractivity contribution in [3.05, 3.63) is 64.5 Å². The second-order valence-electron chi connectivity index (χ2n) is 6.59. The molecule has 4 nitrogen and oxygen atoms in total. The summed E-state index contributed by atoms with van der Waals surface area (Å²) in [5.74, 6) is -0.226. The van der Waals surface area contributed by atoms with Crippen LogP contribution in [-0.2, 0) is 16.0 Å². The third kappa shape index (κ3) is 6.54. The van der Waals surface area contributed by atoms with Gasteiger partial charge in [-0.25, -0.2) is 4.98 Å². The number of benzene rings is 2. The number of aromatic nitrogens is 1. The van der Waals surface area contributed by atoms with E-state index in [9.17, 15) is 4.79 Å². The number of thiazole rings is 1. The van der Waals surface area contributed by atoms with Gasteiger partial charge in [0.15, 0.2) is 0 Å². The summed E-state index contributed by atoms with van der Waals surface area (Å²) in [6, 6.07) is 17.5. The summed E-state index contributed by atoms with van der Waals surface area (Å²) in [5.41, 5.74) is 2.79. The van der Waals surface area contributed by atoms with Crippen LogP contribution in [0.5, 0.6) is 0 Å². The van der Waals surface area contributed by atoms with Crippen LogP contribution in [0.25, 0.3) is 21.8 Å². The van der Waals surface area contributed by atoms with E-state index in [4.69, 9.17) is 21.3 Å². The Hall–Kier alpha value is -1.92. The minimum Gasteiger partial charge on any atom is -0.464 e. The van der Waals surface area contributed by atoms with Crippen LogP contribution in [0, 0.1) is 0 Å². The second-order valence-corrected chi connectivity index (χ2v) is 8.11. The predicted octanol–water partition coefficient (Wildman–Crippen LogP) is 5.98. The lowest BCUT2D eigenvalue weighted by Crippen LogP contribution is -2.28. The summed E-state index contributed by atoms with van der Waals surface area (Å²) in [6.07, 6.45) is 0.209. The van der Waals surface area contributed by atoms with Gasteiger partial charge in [0.05, 0.1) is 12.1 Å². The van der Waals surface area contributed by atoms with Gasteiger partial charge in [-0.05, 0) is 25.2 Å². The van der Waals surface area contributed by atoms with Crippen LogP contribution < -0.4 is 0 Å². The van der Waals surface area contributed by atoms with Crippen molar-refractivity contribution in [2.24, 2.45) is 0 Å². The van der Waals surface area contributed by atoms with Crippen molar-refractivity contribution < 1.29 is 9.53 Å². The fourth-order valence-corrected chi connectivity index (χ4v) is 4.22. The molecule has 0 saturated heterocycles. The maximum absolute atomic E-state index is 12.5. The Morgan fingerprint density at radius 1 is 1.03 bits per heavy atom. The lowest BCUT2D eigenvalue weighted by atomic mass is 10.1. The zero-order valence-corrected chi connectivity index (χ0v) is 19.5. The van der Waals surface area contributed by atoms with E-state index >= 15 is 0 Å². The van der Waals surface area contributed by atoms with Crippen LogP contribution in [0.3, 0.4) is 0 Å². The number of halogens is 2. The molecule has 0 unspecified atom stereocenters. The number of hydrogen-bond acceptors (Lipinski definition) is 5. The molecule has 3 rings (SSSR count). The normalized spacial score (nSPS) is 10.7. The van der Waals surface area contributed by atoms with Crippen molar-refractivity contribution in [1.82, 2.24) is 9.88 Å². The summed E-state index contributed by atoms with van der Waals surface area (Å²) in [7, 11) is 0. The molecular formula is C23H26Cl2N2O2S. The largest absolute Gasteiger partial charge is 0.464 e. The topological polar surface area (TPSA) is 42.4 Å². The SMILES string of the molecule is CCN(CC)CCOC(=O)Cc1sc(-c2ccccc2)nc1-c1ccc(Cl)cc1.Cl. The van der Waals surface area contributed by atoms with E-state index in [0.717, 1.165) is 46.3 Å². The van der Waals surface area contributed by atoms with E-state index in [1.165, 1.54) is 11.3 Å². The van der Waals surface area contributed by atoms with Crippen LogP contribution >= 0.6 is 35.3 Å². The van der Waals surface area contributed by atoms with Crippen LogP contribution in [0.15, 0.2) is 54.6 Å². The fraction of sp³-hybridized carbons (Fsp3) is 0.304. The molecule has 30 heavy (non-hydrogen) atoms. The smallest absolute Gasteiger partial charge is 0.311 e. The van der Waals surface area contributed by atoms with Gasteiger partial charge in [-0.15, -0.1) is 23.7 Å². The van der Waals surface area contributed by atoms with Crippen molar-refractivity contribution in [2.75, 3.05) is 26.2 Å². The number of hydrogen-bond donors (Lipinski definition) is 0. The summed E-state index contributed by atoms with van der Waals surface area (Å²) < 4.78 is 5.48. The Bertz CT molecular complexity index is 926. The average molecular weight is 465 g/mol. The molecule has 0 aliphatic carbocycles. The average Bonchev–Trinajstić information content (AvgIpc) is 3.16. The lowest BCUT2D eigenvalue weighted by molar-refractivity contribution is -0.143. The van der Waals surface area contributed by atoms with Crippen molar-refractivity contribution in [3.8, 4) is 21.8 Å². The quantitative estimate of drug-likeness (QED) is 0.365.